The van der Waals surface area contributed by atoms with Gasteiger partial charge < -0.3 is 48.1 Å². The SMILES string of the molecule is COc1cc(COCCC[C@@H](Cc2cccc(O)c2)[C@@H](COCc2cc(OC)c(OC)c(OC)c2)Cc2cccc(O)c2)cc(OC)c1OC. The number of phenolic OH excluding ortho intramolecular Hbond substituents is 2. The second kappa shape index (κ2) is 19.4. The highest BCUT2D eigenvalue weighted by atomic mass is 16.5. The molecule has 50 heavy (non-hydrogen) atoms. The van der Waals surface area contributed by atoms with Crippen molar-refractivity contribution < 1.29 is 48.1 Å². The number of methoxy groups -OCH3 is 6. The molecular formula is C40H50O10. The van der Waals surface area contributed by atoms with Crippen molar-refractivity contribution in [2.75, 3.05) is 55.9 Å². The molecule has 0 aliphatic heterocycles. The van der Waals surface area contributed by atoms with Crippen LogP contribution in [0.3, 0.4) is 0 Å². The summed E-state index contributed by atoms with van der Waals surface area (Å²) in [6.45, 7) is 1.73. The Kier molecular flexibility index (Phi) is 14.8. The molecule has 0 amide bonds. The van der Waals surface area contributed by atoms with Crippen molar-refractivity contribution in [2.24, 2.45) is 11.8 Å². The van der Waals surface area contributed by atoms with Gasteiger partial charge in [-0.15, -0.1) is 0 Å². The van der Waals surface area contributed by atoms with E-state index in [9.17, 15) is 10.2 Å². The summed E-state index contributed by atoms with van der Waals surface area (Å²) in [4.78, 5) is 0. The normalized spacial score (nSPS) is 12.2. The zero-order valence-electron chi connectivity index (χ0n) is 29.9. The molecule has 10 heteroatoms. The molecule has 4 aromatic carbocycles. The van der Waals surface area contributed by atoms with Crippen molar-refractivity contribution in [1.29, 1.82) is 0 Å². The Labute approximate surface area is 295 Å². The molecule has 10 nitrogen and oxygen atoms in total. The van der Waals surface area contributed by atoms with Crippen LogP contribution in [-0.2, 0) is 35.5 Å². The van der Waals surface area contributed by atoms with Crippen molar-refractivity contribution in [1.82, 2.24) is 0 Å². The largest absolute Gasteiger partial charge is 0.508 e. The van der Waals surface area contributed by atoms with Gasteiger partial charge >= 0.3 is 0 Å². The van der Waals surface area contributed by atoms with Gasteiger partial charge in [-0.2, -0.15) is 0 Å². The van der Waals surface area contributed by atoms with Crippen LogP contribution < -0.4 is 28.4 Å². The van der Waals surface area contributed by atoms with Gasteiger partial charge in [0.2, 0.25) is 11.5 Å². The van der Waals surface area contributed by atoms with Gasteiger partial charge in [0, 0.05) is 6.61 Å². The van der Waals surface area contributed by atoms with Gasteiger partial charge in [0.05, 0.1) is 62.5 Å². The second-order valence-electron chi connectivity index (χ2n) is 12.0. The summed E-state index contributed by atoms with van der Waals surface area (Å²) in [6, 6.07) is 22.3. The van der Waals surface area contributed by atoms with Gasteiger partial charge in [-0.05, 0) is 108 Å². The Morgan fingerprint density at radius 2 is 0.940 bits per heavy atom. The first-order valence-corrected chi connectivity index (χ1v) is 16.6. The number of benzene rings is 4. The molecule has 0 radical (unpaired) electrons. The maximum Gasteiger partial charge on any atom is 0.203 e. The zero-order chi connectivity index (χ0) is 35.9. The van der Waals surface area contributed by atoms with Crippen molar-refractivity contribution in [2.45, 2.75) is 38.9 Å². The number of rotatable bonds is 21. The van der Waals surface area contributed by atoms with E-state index in [4.69, 9.17) is 37.9 Å². The van der Waals surface area contributed by atoms with E-state index in [-0.39, 0.29) is 23.3 Å². The summed E-state index contributed by atoms with van der Waals surface area (Å²) in [5, 5.41) is 20.5. The minimum Gasteiger partial charge on any atom is -0.508 e. The third-order valence-corrected chi connectivity index (χ3v) is 8.67. The first-order valence-electron chi connectivity index (χ1n) is 16.6. The van der Waals surface area contributed by atoms with Crippen molar-refractivity contribution in [3.8, 4) is 46.0 Å². The molecular weight excluding hydrogens is 640 g/mol. The molecule has 0 aliphatic rings. The number of phenols is 2. The monoisotopic (exact) mass is 690 g/mol. The molecule has 0 aliphatic carbocycles. The molecule has 0 bridgehead atoms. The van der Waals surface area contributed by atoms with Crippen molar-refractivity contribution in [3.05, 3.63) is 95.1 Å². The predicted molar refractivity (Wildman–Crippen MR) is 191 cm³/mol. The standard InChI is InChI=1S/C40H50O10/c1-43-35-20-29(21-36(44-2)39(35)47-5)24-49-15-9-12-31(16-27-10-7-13-33(41)18-27)32(17-28-11-8-14-34(42)19-28)26-50-25-30-22-37(45-3)40(48-6)38(23-30)46-4/h7-8,10-11,13-14,18-23,31-32,41-42H,9,12,15-17,24-26H2,1-6H3/t31-,32+/m0/s1. The number of hydrogen-bond donors (Lipinski definition) is 2. The second-order valence-corrected chi connectivity index (χ2v) is 12.0. The lowest BCUT2D eigenvalue weighted by molar-refractivity contribution is 0.0578. The molecule has 0 saturated carbocycles. The fraction of sp³-hybridized carbons (Fsp3) is 0.400. The highest BCUT2D eigenvalue weighted by Gasteiger charge is 2.24. The van der Waals surface area contributed by atoms with Crippen LogP contribution in [0.25, 0.3) is 0 Å². The topological polar surface area (TPSA) is 114 Å². The lowest BCUT2D eigenvalue weighted by Gasteiger charge is -2.28. The first-order chi connectivity index (χ1) is 24.3. The summed E-state index contributed by atoms with van der Waals surface area (Å²) in [5.41, 5.74) is 3.86. The van der Waals surface area contributed by atoms with E-state index in [2.05, 4.69) is 0 Å². The minimum absolute atomic E-state index is 0.0799. The summed E-state index contributed by atoms with van der Waals surface area (Å²) in [5.74, 6) is 4.07. The fourth-order valence-electron chi connectivity index (χ4n) is 6.24. The quantitative estimate of drug-likeness (QED) is 0.0859. The molecule has 4 rings (SSSR count). The smallest absolute Gasteiger partial charge is 0.203 e. The van der Waals surface area contributed by atoms with E-state index < -0.39 is 0 Å². The van der Waals surface area contributed by atoms with Crippen LogP contribution >= 0.6 is 0 Å². The Morgan fingerprint density at radius 1 is 0.500 bits per heavy atom. The van der Waals surface area contributed by atoms with Crippen LogP contribution in [-0.4, -0.2) is 66.1 Å². The highest BCUT2D eigenvalue weighted by Crippen LogP contribution is 2.39. The van der Waals surface area contributed by atoms with E-state index in [1.807, 2.05) is 54.6 Å². The van der Waals surface area contributed by atoms with Gasteiger partial charge in [0.15, 0.2) is 23.0 Å². The Hall–Kier alpha value is -4.80. The summed E-state index contributed by atoms with van der Waals surface area (Å²) in [6.07, 6.45) is 3.08. The van der Waals surface area contributed by atoms with E-state index >= 15 is 0 Å². The van der Waals surface area contributed by atoms with E-state index in [0.29, 0.717) is 67.3 Å². The van der Waals surface area contributed by atoms with Gasteiger partial charge in [-0.1, -0.05) is 24.3 Å². The van der Waals surface area contributed by atoms with Gasteiger partial charge in [-0.3, -0.25) is 0 Å². The number of hydrogen-bond acceptors (Lipinski definition) is 10. The fourth-order valence-corrected chi connectivity index (χ4v) is 6.24. The third kappa shape index (κ3) is 10.6. The molecule has 0 heterocycles. The molecule has 0 unspecified atom stereocenters. The van der Waals surface area contributed by atoms with Crippen LogP contribution in [0, 0.1) is 11.8 Å². The van der Waals surface area contributed by atoms with E-state index in [0.717, 1.165) is 41.5 Å². The molecule has 0 spiro atoms. The Bertz CT molecular complexity index is 1590. The van der Waals surface area contributed by atoms with Gasteiger partial charge in [0.1, 0.15) is 11.5 Å². The van der Waals surface area contributed by atoms with Crippen LogP contribution in [0.2, 0.25) is 0 Å². The lowest BCUT2D eigenvalue weighted by atomic mass is 9.80. The number of ether oxygens (including phenoxy) is 8. The van der Waals surface area contributed by atoms with Gasteiger partial charge in [0.25, 0.3) is 0 Å². The number of aromatic hydroxyl groups is 2. The average Bonchev–Trinajstić information content (AvgIpc) is 3.12. The minimum atomic E-state index is 0.0799. The van der Waals surface area contributed by atoms with Gasteiger partial charge in [-0.25, -0.2) is 0 Å². The molecule has 2 N–H and O–H groups in total. The van der Waals surface area contributed by atoms with Crippen LogP contribution in [0.5, 0.6) is 46.0 Å². The van der Waals surface area contributed by atoms with Crippen molar-refractivity contribution >= 4 is 0 Å². The first kappa shape index (κ1) is 38.0. The Balaban J connectivity index is 1.51. The van der Waals surface area contributed by atoms with Crippen molar-refractivity contribution in [3.63, 3.8) is 0 Å². The van der Waals surface area contributed by atoms with Crippen LogP contribution in [0.15, 0.2) is 72.8 Å². The molecule has 2 atom stereocenters. The summed E-state index contributed by atoms with van der Waals surface area (Å²) in [7, 11) is 9.52. The van der Waals surface area contributed by atoms with Crippen LogP contribution in [0.4, 0.5) is 0 Å². The Morgan fingerprint density at radius 3 is 1.36 bits per heavy atom. The average molecular weight is 691 g/mol. The van der Waals surface area contributed by atoms with Crippen LogP contribution in [0.1, 0.15) is 35.1 Å². The predicted octanol–water partition coefficient (Wildman–Crippen LogP) is 7.38. The molecule has 0 saturated heterocycles. The van der Waals surface area contributed by atoms with E-state index in [1.54, 1.807) is 60.9 Å². The molecule has 0 fully saturated rings. The molecule has 0 aromatic heterocycles. The highest BCUT2D eigenvalue weighted by molar-refractivity contribution is 5.54. The molecule has 4 aromatic rings. The van der Waals surface area contributed by atoms with E-state index in [1.165, 1.54) is 0 Å². The summed E-state index contributed by atoms with van der Waals surface area (Å²) < 4.78 is 45.6. The molecule has 270 valence electrons. The third-order valence-electron chi connectivity index (χ3n) is 8.67. The zero-order valence-corrected chi connectivity index (χ0v) is 29.9. The maximum atomic E-state index is 10.3. The lowest BCUT2D eigenvalue weighted by Crippen LogP contribution is -2.25. The summed E-state index contributed by atoms with van der Waals surface area (Å²) >= 11 is 0. The maximum absolute atomic E-state index is 10.3.